The number of likely N-dealkylation sites (tertiary alicyclic amines) is 1. The number of nitrogens with zero attached hydrogens (tertiary/aromatic N) is 3. The van der Waals surface area contributed by atoms with Gasteiger partial charge in [-0.2, -0.15) is 0 Å². The Kier molecular flexibility index (Phi) is 4.34. The molecule has 0 N–H and O–H groups in total. The van der Waals surface area contributed by atoms with Crippen LogP contribution < -0.4 is 0 Å². The van der Waals surface area contributed by atoms with E-state index in [-0.39, 0.29) is 5.91 Å². The zero-order chi connectivity index (χ0) is 17.1. The van der Waals surface area contributed by atoms with E-state index in [1.807, 2.05) is 39.9 Å². The van der Waals surface area contributed by atoms with E-state index in [0.717, 1.165) is 37.2 Å². The Morgan fingerprint density at radius 1 is 0.960 bits per heavy atom. The van der Waals surface area contributed by atoms with Gasteiger partial charge in [-0.15, -0.1) is 0 Å². The number of aromatic nitrogens is 2. The Hall–Kier alpha value is -2.88. The second kappa shape index (κ2) is 6.93. The molecule has 1 amide bonds. The summed E-state index contributed by atoms with van der Waals surface area (Å²) in [5, 5.41) is 0. The van der Waals surface area contributed by atoms with Gasteiger partial charge in [0.2, 0.25) is 0 Å². The zero-order valence-electron chi connectivity index (χ0n) is 14.1. The highest BCUT2D eigenvalue weighted by molar-refractivity contribution is 5.94. The second-order valence-electron chi connectivity index (χ2n) is 6.49. The van der Waals surface area contributed by atoms with Crippen molar-refractivity contribution in [3.05, 3.63) is 84.4 Å². The van der Waals surface area contributed by atoms with E-state index >= 15 is 0 Å². The van der Waals surface area contributed by atoms with Gasteiger partial charge in [0, 0.05) is 36.7 Å². The smallest absolute Gasteiger partial charge is 0.253 e. The van der Waals surface area contributed by atoms with Crippen molar-refractivity contribution < 1.29 is 4.79 Å². The molecule has 25 heavy (non-hydrogen) atoms. The third-order valence-electron chi connectivity index (χ3n) is 4.97. The Labute approximate surface area is 147 Å². The van der Waals surface area contributed by atoms with Gasteiger partial charge < -0.3 is 9.47 Å². The molecule has 2 aromatic carbocycles. The fourth-order valence-corrected chi connectivity index (χ4v) is 3.51. The second-order valence-corrected chi connectivity index (χ2v) is 6.49. The first-order chi connectivity index (χ1) is 12.3. The molecule has 3 aromatic rings. The summed E-state index contributed by atoms with van der Waals surface area (Å²) in [7, 11) is 0. The molecule has 126 valence electrons. The standard InChI is InChI=1S/C21H21N3O/c25-21(19-6-8-20(9-7-19)24-15-12-22-16-24)23-13-10-18(11-14-23)17-4-2-1-3-5-17/h1-9,12,15-16,18H,10-11,13-14H2. The predicted molar refractivity (Wildman–Crippen MR) is 97.9 cm³/mol. The fourth-order valence-electron chi connectivity index (χ4n) is 3.51. The minimum absolute atomic E-state index is 0.128. The molecule has 1 aliphatic heterocycles. The van der Waals surface area contributed by atoms with Crippen molar-refractivity contribution in [2.24, 2.45) is 0 Å². The minimum Gasteiger partial charge on any atom is -0.339 e. The van der Waals surface area contributed by atoms with Crippen molar-refractivity contribution in [2.75, 3.05) is 13.1 Å². The van der Waals surface area contributed by atoms with E-state index in [0.29, 0.717) is 5.92 Å². The molecule has 0 bridgehead atoms. The van der Waals surface area contributed by atoms with Crippen molar-refractivity contribution in [2.45, 2.75) is 18.8 Å². The zero-order valence-corrected chi connectivity index (χ0v) is 14.1. The lowest BCUT2D eigenvalue weighted by molar-refractivity contribution is 0.0713. The molecule has 1 aromatic heterocycles. The molecule has 4 rings (SSSR count). The van der Waals surface area contributed by atoms with Crippen molar-refractivity contribution in [1.29, 1.82) is 0 Å². The van der Waals surface area contributed by atoms with Gasteiger partial charge in [0.05, 0.1) is 6.33 Å². The molecule has 0 aliphatic carbocycles. The summed E-state index contributed by atoms with van der Waals surface area (Å²) in [5.74, 6) is 0.692. The summed E-state index contributed by atoms with van der Waals surface area (Å²) in [6.07, 6.45) is 7.46. The lowest BCUT2D eigenvalue weighted by Gasteiger charge is -2.32. The quantitative estimate of drug-likeness (QED) is 0.730. The first kappa shape index (κ1) is 15.6. The highest BCUT2D eigenvalue weighted by Gasteiger charge is 2.24. The molecule has 1 aliphatic rings. The molecule has 1 fully saturated rings. The van der Waals surface area contributed by atoms with Gasteiger partial charge in [-0.25, -0.2) is 4.98 Å². The largest absolute Gasteiger partial charge is 0.339 e. The van der Waals surface area contributed by atoms with E-state index in [2.05, 4.69) is 35.3 Å². The van der Waals surface area contributed by atoms with Gasteiger partial charge in [-0.1, -0.05) is 30.3 Å². The normalized spacial score (nSPS) is 15.3. The van der Waals surface area contributed by atoms with Crippen LogP contribution in [0.1, 0.15) is 34.7 Å². The van der Waals surface area contributed by atoms with Gasteiger partial charge in [0.15, 0.2) is 0 Å². The molecule has 4 heteroatoms. The van der Waals surface area contributed by atoms with Crippen LogP contribution in [0.2, 0.25) is 0 Å². The predicted octanol–water partition coefficient (Wildman–Crippen LogP) is 3.89. The Morgan fingerprint density at radius 3 is 2.32 bits per heavy atom. The molecule has 0 unspecified atom stereocenters. The van der Waals surface area contributed by atoms with Gasteiger partial charge >= 0.3 is 0 Å². The molecular formula is C21H21N3O. The number of benzene rings is 2. The summed E-state index contributed by atoms with van der Waals surface area (Å²) < 4.78 is 1.93. The van der Waals surface area contributed by atoms with Gasteiger partial charge in [0.25, 0.3) is 5.91 Å². The van der Waals surface area contributed by atoms with Gasteiger partial charge in [-0.3, -0.25) is 4.79 Å². The number of hydrogen-bond donors (Lipinski definition) is 0. The molecule has 0 atom stereocenters. The number of hydrogen-bond acceptors (Lipinski definition) is 2. The monoisotopic (exact) mass is 331 g/mol. The van der Waals surface area contributed by atoms with Crippen LogP contribution in [0.25, 0.3) is 5.69 Å². The van der Waals surface area contributed by atoms with E-state index in [4.69, 9.17) is 0 Å². The molecule has 4 nitrogen and oxygen atoms in total. The van der Waals surface area contributed by atoms with Crippen LogP contribution in [0.5, 0.6) is 0 Å². The third-order valence-corrected chi connectivity index (χ3v) is 4.97. The average Bonchev–Trinajstić information content (AvgIpc) is 3.23. The minimum atomic E-state index is 0.128. The van der Waals surface area contributed by atoms with Crippen LogP contribution >= 0.6 is 0 Å². The van der Waals surface area contributed by atoms with Crippen molar-refractivity contribution >= 4 is 5.91 Å². The van der Waals surface area contributed by atoms with Crippen LogP contribution in [0.4, 0.5) is 0 Å². The van der Waals surface area contributed by atoms with Crippen molar-refractivity contribution in [1.82, 2.24) is 14.5 Å². The van der Waals surface area contributed by atoms with E-state index in [9.17, 15) is 4.79 Å². The van der Waals surface area contributed by atoms with E-state index in [1.165, 1.54) is 5.56 Å². The summed E-state index contributed by atoms with van der Waals surface area (Å²) >= 11 is 0. The van der Waals surface area contributed by atoms with Crippen LogP contribution in [-0.4, -0.2) is 33.4 Å². The highest BCUT2D eigenvalue weighted by Crippen LogP contribution is 2.28. The Balaban J connectivity index is 1.40. The first-order valence-electron chi connectivity index (χ1n) is 8.74. The average molecular weight is 331 g/mol. The maximum Gasteiger partial charge on any atom is 0.253 e. The summed E-state index contributed by atoms with van der Waals surface area (Å²) in [6.45, 7) is 1.64. The number of rotatable bonds is 3. The Morgan fingerprint density at radius 2 is 1.68 bits per heavy atom. The third kappa shape index (κ3) is 3.33. The topological polar surface area (TPSA) is 38.1 Å². The number of amides is 1. The van der Waals surface area contributed by atoms with Crippen molar-refractivity contribution in [3.63, 3.8) is 0 Å². The fraction of sp³-hybridized carbons (Fsp3) is 0.238. The molecule has 1 saturated heterocycles. The van der Waals surface area contributed by atoms with Crippen LogP contribution in [0.15, 0.2) is 73.3 Å². The SMILES string of the molecule is O=C(c1ccc(-n2ccnc2)cc1)N1CCC(c2ccccc2)CC1. The van der Waals surface area contributed by atoms with Crippen LogP contribution in [-0.2, 0) is 0 Å². The molecule has 0 radical (unpaired) electrons. The van der Waals surface area contributed by atoms with Gasteiger partial charge in [-0.05, 0) is 48.6 Å². The highest BCUT2D eigenvalue weighted by atomic mass is 16.2. The lowest BCUT2D eigenvalue weighted by Crippen LogP contribution is -2.37. The van der Waals surface area contributed by atoms with E-state index < -0.39 is 0 Å². The molecule has 0 spiro atoms. The van der Waals surface area contributed by atoms with Crippen molar-refractivity contribution in [3.8, 4) is 5.69 Å². The number of carbonyl (C=O) groups is 1. The van der Waals surface area contributed by atoms with E-state index in [1.54, 1.807) is 12.5 Å². The first-order valence-corrected chi connectivity index (χ1v) is 8.74. The molecular weight excluding hydrogens is 310 g/mol. The summed E-state index contributed by atoms with van der Waals surface area (Å²) in [5.41, 5.74) is 3.15. The lowest BCUT2D eigenvalue weighted by atomic mass is 9.89. The maximum absolute atomic E-state index is 12.7. The van der Waals surface area contributed by atoms with Crippen LogP contribution in [0.3, 0.4) is 0 Å². The number of piperidine rings is 1. The molecule has 0 saturated carbocycles. The maximum atomic E-state index is 12.7. The summed E-state index contributed by atoms with van der Waals surface area (Å²) in [4.78, 5) is 18.8. The summed E-state index contributed by atoms with van der Waals surface area (Å²) in [6, 6.07) is 18.4. The van der Waals surface area contributed by atoms with Crippen LogP contribution in [0, 0.1) is 0 Å². The van der Waals surface area contributed by atoms with Gasteiger partial charge in [0.1, 0.15) is 0 Å². The number of carbonyl (C=O) groups excluding carboxylic acids is 1. The Bertz CT molecular complexity index is 817. The number of imidazole rings is 1. The molecule has 2 heterocycles.